The van der Waals surface area contributed by atoms with Crippen LogP contribution in [0.2, 0.25) is 0 Å². The number of carbonyl (C=O) groups excluding carboxylic acids is 1. The number of amides is 1. The number of nitrogens with zero attached hydrogens (tertiary/aromatic N) is 7. The van der Waals surface area contributed by atoms with Gasteiger partial charge in [-0.1, -0.05) is 29.5 Å². The Morgan fingerprint density at radius 2 is 2.12 bits per heavy atom. The second-order valence-electron chi connectivity index (χ2n) is 6.68. The van der Waals surface area contributed by atoms with Crippen molar-refractivity contribution in [3.8, 4) is 22.8 Å². The van der Waals surface area contributed by atoms with E-state index in [0.717, 1.165) is 0 Å². The van der Waals surface area contributed by atoms with Crippen molar-refractivity contribution in [1.82, 2.24) is 30.7 Å². The second-order valence-corrected chi connectivity index (χ2v) is 6.68. The van der Waals surface area contributed by atoms with Crippen molar-refractivity contribution in [3.63, 3.8) is 0 Å². The average molecular weight is 463 g/mol. The van der Waals surface area contributed by atoms with E-state index in [4.69, 9.17) is 10.5 Å². The van der Waals surface area contributed by atoms with Crippen molar-refractivity contribution >= 4 is 23.6 Å². The van der Waals surface area contributed by atoms with Crippen LogP contribution in [0.4, 0.5) is 11.5 Å². The number of hydrogen-bond acceptors (Lipinski definition) is 11. The first-order chi connectivity index (χ1) is 16.5. The topological polar surface area (TPSA) is 189 Å². The van der Waals surface area contributed by atoms with E-state index in [-0.39, 0.29) is 28.7 Å². The van der Waals surface area contributed by atoms with Crippen LogP contribution in [0.1, 0.15) is 23.0 Å². The third kappa shape index (κ3) is 4.55. The molecular formula is C20H17N9O5. The number of nitrogens with two attached hydrogens (primary N) is 1. The number of nitro benzene ring substituents is 1. The summed E-state index contributed by atoms with van der Waals surface area (Å²) in [7, 11) is 0. The Hall–Kier alpha value is -5.14. The van der Waals surface area contributed by atoms with E-state index >= 15 is 0 Å². The maximum atomic E-state index is 12.9. The zero-order valence-corrected chi connectivity index (χ0v) is 17.7. The first kappa shape index (κ1) is 22.1. The highest BCUT2D eigenvalue weighted by atomic mass is 16.6. The molecule has 14 heteroatoms. The molecule has 0 aliphatic heterocycles. The molecule has 4 aromatic rings. The summed E-state index contributed by atoms with van der Waals surface area (Å²) < 4.78 is 11.4. The van der Waals surface area contributed by atoms with Crippen LogP contribution in [0, 0.1) is 10.1 Å². The Bertz CT molecular complexity index is 1380. The number of carbonyl (C=O) groups is 1. The monoisotopic (exact) mass is 463 g/mol. The highest BCUT2D eigenvalue weighted by Crippen LogP contribution is 2.29. The average Bonchev–Trinajstić information content (AvgIpc) is 3.45. The molecule has 0 bridgehead atoms. The molecular weight excluding hydrogens is 446 g/mol. The third-order valence-electron chi connectivity index (χ3n) is 4.46. The van der Waals surface area contributed by atoms with Crippen LogP contribution in [0.3, 0.4) is 0 Å². The van der Waals surface area contributed by atoms with Crippen LogP contribution in [0.15, 0.2) is 58.3 Å². The van der Waals surface area contributed by atoms with Gasteiger partial charge in [0.2, 0.25) is 11.6 Å². The number of aromatic nitrogens is 5. The molecule has 0 saturated carbocycles. The van der Waals surface area contributed by atoms with Gasteiger partial charge in [0.1, 0.15) is 11.4 Å². The normalized spacial score (nSPS) is 11.0. The summed E-state index contributed by atoms with van der Waals surface area (Å²) >= 11 is 0. The lowest BCUT2D eigenvalue weighted by atomic mass is 10.1. The molecule has 14 nitrogen and oxygen atoms in total. The first-order valence-electron chi connectivity index (χ1n) is 9.83. The molecule has 0 radical (unpaired) electrons. The highest BCUT2D eigenvalue weighted by Gasteiger charge is 2.25. The van der Waals surface area contributed by atoms with Gasteiger partial charge >= 0.3 is 0 Å². The summed E-state index contributed by atoms with van der Waals surface area (Å²) in [6, 6.07) is 12.7. The standard InChI is InChI=1S/C20H17N9O5/c1-2-33-15-8-4-6-13(10-15)17-16(23-27-28(17)19-18(21)25-34-26-19)20(30)24-22-11-12-5-3-7-14(9-12)29(31)32/h3-11H,2H2,1H3,(H2,21,25)(H,24,30)/b22-11-. The Kier molecular flexibility index (Phi) is 6.20. The van der Waals surface area contributed by atoms with Crippen molar-refractivity contribution in [1.29, 1.82) is 0 Å². The molecule has 0 fully saturated rings. The van der Waals surface area contributed by atoms with Crippen LogP contribution in [0.5, 0.6) is 5.75 Å². The molecule has 0 atom stereocenters. The Morgan fingerprint density at radius 1 is 1.29 bits per heavy atom. The minimum atomic E-state index is -0.695. The quantitative estimate of drug-likeness (QED) is 0.222. The molecule has 2 aromatic heterocycles. The van der Waals surface area contributed by atoms with Crippen molar-refractivity contribution in [2.45, 2.75) is 6.92 Å². The van der Waals surface area contributed by atoms with Crippen LogP contribution < -0.4 is 15.9 Å². The van der Waals surface area contributed by atoms with Gasteiger partial charge in [-0.3, -0.25) is 14.9 Å². The molecule has 4 rings (SSSR count). The molecule has 0 aliphatic carbocycles. The van der Waals surface area contributed by atoms with E-state index in [0.29, 0.717) is 23.5 Å². The van der Waals surface area contributed by atoms with Crippen molar-refractivity contribution in [3.05, 3.63) is 69.9 Å². The number of hydrogen-bond donors (Lipinski definition) is 2. The lowest BCUT2D eigenvalue weighted by Gasteiger charge is -2.08. The minimum absolute atomic E-state index is 0.0449. The van der Waals surface area contributed by atoms with Gasteiger partial charge in [-0.15, -0.1) is 5.10 Å². The highest BCUT2D eigenvalue weighted by molar-refractivity contribution is 5.99. The number of ether oxygens (including phenoxy) is 1. The second kappa shape index (κ2) is 9.56. The fourth-order valence-electron chi connectivity index (χ4n) is 3.02. The van der Waals surface area contributed by atoms with Crippen molar-refractivity contribution < 1.29 is 19.1 Å². The number of benzene rings is 2. The lowest BCUT2D eigenvalue weighted by molar-refractivity contribution is -0.384. The van der Waals surface area contributed by atoms with Crippen LogP contribution in [-0.2, 0) is 0 Å². The minimum Gasteiger partial charge on any atom is -0.494 e. The number of rotatable bonds is 8. The van der Waals surface area contributed by atoms with Crippen molar-refractivity contribution in [2.24, 2.45) is 5.10 Å². The molecule has 1 amide bonds. The number of anilines is 1. The smallest absolute Gasteiger partial charge is 0.294 e. The molecule has 2 aromatic carbocycles. The van der Waals surface area contributed by atoms with E-state index < -0.39 is 10.8 Å². The zero-order valence-electron chi connectivity index (χ0n) is 17.7. The fourth-order valence-corrected chi connectivity index (χ4v) is 3.02. The van der Waals surface area contributed by atoms with E-state index in [9.17, 15) is 14.9 Å². The van der Waals surface area contributed by atoms with Gasteiger partial charge in [0.15, 0.2) is 5.69 Å². The predicted octanol–water partition coefficient (Wildman–Crippen LogP) is 1.97. The predicted molar refractivity (Wildman–Crippen MR) is 118 cm³/mol. The molecule has 0 saturated heterocycles. The number of non-ortho nitro benzene ring substituents is 1. The fraction of sp³-hybridized carbons (Fsp3) is 0.100. The largest absolute Gasteiger partial charge is 0.494 e. The molecule has 2 heterocycles. The number of nitro groups is 1. The Morgan fingerprint density at radius 3 is 2.85 bits per heavy atom. The van der Waals surface area contributed by atoms with Gasteiger partial charge in [0.25, 0.3) is 11.6 Å². The van der Waals surface area contributed by atoms with Crippen LogP contribution in [0.25, 0.3) is 17.1 Å². The summed E-state index contributed by atoms with van der Waals surface area (Å²) in [6.07, 6.45) is 1.27. The lowest BCUT2D eigenvalue weighted by Crippen LogP contribution is -2.19. The molecule has 172 valence electrons. The van der Waals surface area contributed by atoms with Crippen LogP contribution >= 0.6 is 0 Å². The molecule has 0 aliphatic rings. The molecule has 34 heavy (non-hydrogen) atoms. The Labute approximate surface area is 191 Å². The summed E-state index contributed by atoms with van der Waals surface area (Å²) in [6.45, 7) is 2.29. The number of hydrazone groups is 1. The number of nitrogens with one attached hydrogen (secondary N) is 1. The van der Waals surface area contributed by atoms with Crippen LogP contribution in [-0.4, -0.2) is 49.0 Å². The zero-order chi connectivity index (χ0) is 24.1. The van der Waals surface area contributed by atoms with E-state index in [2.05, 4.69) is 35.8 Å². The summed E-state index contributed by atoms with van der Waals surface area (Å²) in [5.41, 5.74) is 9.15. The van der Waals surface area contributed by atoms with Gasteiger partial charge in [-0.25, -0.2) is 10.1 Å². The summed E-state index contributed by atoms with van der Waals surface area (Å²) in [5, 5.41) is 30.0. The van der Waals surface area contributed by atoms with Crippen molar-refractivity contribution in [2.75, 3.05) is 12.3 Å². The van der Waals surface area contributed by atoms with Gasteiger partial charge in [0.05, 0.1) is 17.7 Å². The maximum Gasteiger partial charge on any atom is 0.294 e. The number of nitrogen functional groups attached to an aromatic ring is 1. The van der Waals surface area contributed by atoms with Gasteiger partial charge in [0, 0.05) is 23.3 Å². The van der Waals surface area contributed by atoms with Gasteiger partial charge in [-0.2, -0.15) is 9.78 Å². The molecule has 0 spiro atoms. The first-order valence-corrected chi connectivity index (χ1v) is 9.83. The maximum absolute atomic E-state index is 12.9. The van der Waals surface area contributed by atoms with Gasteiger partial charge in [-0.05, 0) is 29.4 Å². The van der Waals surface area contributed by atoms with E-state index in [1.807, 2.05) is 6.92 Å². The van der Waals surface area contributed by atoms with E-state index in [1.165, 1.54) is 29.1 Å². The van der Waals surface area contributed by atoms with Gasteiger partial charge < -0.3 is 10.5 Å². The summed E-state index contributed by atoms with van der Waals surface area (Å²) in [4.78, 5) is 23.3. The molecule has 3 N–H and O–H groups in total. The van der Waals surface area contributed by atoms with E-state index in [1.54, 1.807) is 30.3 Å². The third-order valence-corrected chi connectivity index (χ3v) is 4.46. The molecule has 0 unspecified atom stereocenters. The Balaban J connectivity index is 1.68. The summed E-state index contributed by atoms with van der Waals surface area (Å²) in [5.74, 6) is -0.139. The SMILES string of the molecule is CCOc1cccc(-c2c(C(=O)N/N=C\c3cccc([N+](=O)[O-])c3)nnn2-c2nonc2N)c1.